The minimum absolute atomic E-state index is 0. The van der Waals surface area contributed by atoms with Crippen LogP contribution in [0.2, 0.25) is 0 Å². The van der Waals surface area contributed by atoms with Gasteiger partial charge in [0.1, 0.15) is 48.8 Å². The second kappa shape index (κ2) is 17.7. The van der Waals surface area contributed by atoms with E-state index in [1.54, 1.807) is 0 Å². The normalized spacial score (nSPS) is 35.6. The van der Waals surface area contributed by atoms with Crippen molar-refractivity contribution in [2.24, 2.45) is 0 Å². The summed E-state index contributed by atoms with van der Waals surface area (Å²) in [5.74, 6) is -0.937. The molecular weight excluding hydrogens is 538 g/mol. The molecule has 17 heteroatoms. The predicted molar refractivity (Wildman–Crippen MR) is 136 cm³/mol. The number of aliphatic hydroxyl groups excluding tert-OH is 8. The Morgan fingerprint density at radius 2 is 0.865 bits per heavy atom. The molecule has 0 unspecified atom stereocenters. The first-order chi connectivity index (χ1) is 16.6. The Morgan fingerprint density at radius 3 is 1.19 bits per heavy atom. The van der Waals surface area contributed by atoms with E-state index in [9.17, 15) is 50.4 Å². The summed E-state index contributed by atoms with van der Waals surface area (Å²) in [5, 5.41) is 85.4. The summed E-state index contributed by atoms with van der Waals surface area (Å²) in [4.78, 5) is 24.1. The first-order valence-electron chi connectivity index (χ1n) is 11.5. The number of hydrogen-bond acceptors (Lipinski definition) is 13. The lowest BCUT2D eigenvalue weighted by molar-refractivity contribution is -0.229. The second-order valence-corrected chi connectivity index (χ2v) is 8.59. The Morgan fingerprint density at radius 1 is 0.541 bits per heavy atom. The average molecular weight is 580 g/mol. The van der Waals surface area contributed by atoms with E-state index >= 15 is 0 Å². The topological polar surface area (TPSA) is 251 Å². The average Bonchev–Trinajstić information content (AvgIpc) is 2.84. The molecule has 0 aromatic carbocycles. The molecular formula is C20H41N3O12S2. The van der Waals surface area contributed by atoms with E-state index in [1.807, 2.05) is 0 Å². The Labute approximate surface area is 228 Å². The van der Waals surface area contributed by atoms with Gasteiger partial charge in [-0.05, 0) is 0 Å². The molecule has 0 aromatic rings. The fourth-order valence-corrected chi connectivity index (χ4v) is 3.91. The molecule has 0 spiro atoms. The molecule has 0 radical (unpaired) electrons. The fourth-order valence-electron chi connectivity index (χ4n) is 3.91. The van der Waals surface area contributed by atoms with Gasteiger partial charge in [-0.25, -0.2) is 0 Å². The van der Waals surface area contributed by atoms with E-state index in [0.29, 0.717) is 13.1 Å². The molecule has 0 saturated carbocycles. The Hall–Kier alpha value is -0.800. The van der Waals surface area contributed by atoms with Gasteiger partial charge in [-0.2, -0.15) is 27.0 Å². The molecule has 2 aliphatic rings. The maximum absolute atomic E-state index is 12.0. The van der Waals surface area contributed by atoms with Gasteiger partial charge in [0.05, 0.1) is 38.3 Å². The van der Waals surface area contributed by atoms with Crippen LogP contribution in [0.1, 0.15) is 12.8 Å². The number of amides is 2. The quantitative estimate of drug-likeness (QED) is 0.0964. The lowest BCUT2D eigenvalue weighted by Crippen LogP contribution is -2.59. The van der Waals surface area contributed by atoms with Crippen molar-refractivity contribution in [1.82, 2.24) is 16.0 Å². The molecule has 37 heavy (non-hydrogen) atoms. The standard InChI is InChI=1S/C20H37N3O12.2H2S/c24-7-11-17(30)19(32)15(28)9(34-11)5-13(26)22-3-1-21-2-4-23-14(27)6-10-16(29)20(33)18(31)12(8-25)35-10;;/h9-12,15-21,24-25,28-33H,1-8H2,(H,22,26)(H,23,27);2*1H2/t9-,10-,11+,12+,15-,16-,17-,18-,19+,20+;;/m0../s1. The van der Waals surface area contributed by atoms with Crippen molar-refractivity contribution >= 4 is 38.8 Å². The maximum atomic E-state index is 12.0. The lowest BCUT2D eigenvalue weighted by Gasteiger charge is -2.39. The predicted octanol–water partition coefficient (Wildman–Crippen LogP) is -6.50. The van der Waals surface area contributed by atoms with Gasteiger partial charge < -0.3 is 66.3 Å². The molecule has 15 nitrogen and oxygen atoms in total. The van der Waals surface area contributed by atoms with Crippen LogP contribution in [0.5, 0.6) is 0 Å². The van der Waals surface area contributed by atoms with Crippen LogP contribution in [0.25, 0.3) is 0 Å². The van der Waals surface area contributed by atoms with Gasteiger partial charge in [-0.1, -0.05) is 0 Å². The smallest absolute Gasteiger partial charge is 0.222 e. The third-order valence-electron chi connectivity index (χ3n) is 6.00. The number of nitrogens with one attached hydrogen (secondary N) is 3. The van der Waals surface area contributed by atoms with Crippen molar-refractivity contribution < 1.29 is 59.9 Å². The van der Waals surface area contributed by atoms with Gasteiger partial charge in [-0.3, -0.25) is 9.59 Å². The van der Waals surface area contributed by atoms with Crippen LogP contribution < -0.4 is 16.0 Å². The van der Waals surface area contributed by atoms with Gasteiger partial charge in [-0.15, -0.1) is 0 Å². The summed E-state index contributed by atoms with van der Waals surface area (Å²) < 4.78 is 10.6. The largest absolute Gasteiger partial charge is 0.394 e. The number of ether oxygens (including phenoxy) is 2. The molecule has 10 atom stereocenters. The Balaban J connectivity index is 0.00000648. The summed E-state index contributed by atoms with van der Waals surface area (Å²) in [6.07, 6.45) is -13.9. The summed E-state index contributed by atoms with van der Waals surface area (Å²) in [6, 6.07) is 0. The highest BCUT2D eigenvalue weighted by Gasteiger charge is 2.44. The molecule has 0 aromatic heterocycles. The molecule has 2 heterocycles. The third-order valence-corrected chi connectivity index (χ3v) is 6.00. The minimum Gasteiger partial charge on any atom is -0.394 e. The van der Waals surface area contributed by atoms with Crippen LogP contribution in [0.4, 0.5) is 0 Å². The van der Waals surface area contributed by atoms with E-state index in [0.717, 1.165) is 0 Å². The number of hydrogen-bond donors (Lipinski definition) is 11. The van der Waals surface area contributed by atoms with Gasteiger partial charge in [0.25, 0.3) is 0 Å². The van der Waals surface area contributed by atoms with Crippen LogP contribution in [-0.2, 0) is 19.1 Å². The Bertz CT molecular complexity index is 626. The molecule has 220 valence electrons. The number of aliphatic hydroxyl groups is 8. The van der Waals surface area contributed by atoms with Crippen molar-refractivity contribution in [1.29, 1.82) is 0 Å². The lowest BCUT2D eigenvalue weighted by atomic mass is 9.93. The SMILES string of the molecule is O=C(C[C@@H]1O[C@H](CO)[C@H](O)[C@H](O)[C@H]1O)NCCNCCNC(=O)C[C@@H]1O[C@H](CO)[C@H](O)[C@H](O)[C@H]1O.S.S. The monoisotopic (exact) mass is 579 g/mol. The van der Waals surface area contributed by atoms with Crippen LogP contribution in [0.3, 0.4) is 0 Å². The molecule has 2 amide bonds. The van der Waals surface area contributed by atoms with Crippen LogP contribution in [-0.4, -0.2) is 153 Å². The highest BCUT2D eigenvalue weighted by Crippen LogP contribution is 2.24. The summed E-state index contributed by atoms with van der Waals surface area (Å²) in [7, 11) is 0. The zero-order valence-electron chi connectivity index (χ0n) is 20.1. The van der Waals surface area contributed by atoms with E-state index in [-0.39, 0.29) is 52.9 Å². The van der Waals surface area contributed by atoms with Gasteiger partial charge in [0, 0.05) is 26.2 Å². The minimum atomic E-state index is -1.55. The zero-order chi connectivity index (χ0) is 26.1. The molecule has 0 aliphatic carbocycles. The van der Waals surface area contributed by atoms with Gasteiger partial charge in [0.2, 0.25) is 11.8 Å². The highest BCUT2D eigenvalue weighted by atomic mass is 32.1. The maximum Gasteiger partial charge on any atom is 0.222 e. The van der Waals surface area contributed by atoms with E-state index in [1.165, 1.54) is 0 Å². The Kier molecular flexibility index (Phi) is 17.3. The van der Waals surface area contributed by atoms with Crippen molar-refractivity contribution in [3.8, 4) is 0 Å². The third kappa shape index (κ3) is 10.4. The van der Waals surface area contributed by atoms with Crippen LogP contribution >= 0.6 is 27.0 Å². The van der Waals surface area contributed by atoms with Crippen molar-refractivity contribution in [2.75, 3.05) is 39.4 Å². The number of carbonyl (C=O) groups excluding carboxylic acids is 2. The van der Waals surface area contributed by atoms with Crippen molar-refractivity contribution in [3.63, 3.8) is 0 Å². The highest BCUT2D eigenvalue weighted by molar-refractivity contribution is 7.59. The first-order valence-corrected chi connectivity index (χ1v) is 11.5. The van der Waals surface area contributed by atoms with Gasteiger partial charge in [0.15, 0.2) is 0 Å². The molecule has 11 N–H and O–H groups in total. The molecule has 2 aliphatic heterocycles. The van der Waals surface area contributed by atoms with Crippen LogP contribution in [0, 0.1) is 0 Å². The van der Waals surface area contributed by atoms with Crippen molar-refractivity contribution in [3.05, 3.63) is 0 Å². The van der Waals surface area contributed by atoms with Crippen LogP contribution in [0.15, 0.2) is 0 Å². The molecule has 2 saturated heterocycles. The summed E-state index contributed by atoms with van der Waals surface area (Å²) in [6.45, 7) is -0.0196. The van der Waals surface area contributed by atoms with Crippen molar-refractivity contribution in [2.45, 2.75) is 73.9 Å². The molecule has 2 fully saturated rings. The molecule has 2 rings (SSSR count). The van der Waals surface area contributed by atoms with E-state index < -0.39 is 86.1 Å². The molecule has 0 bridgehead atoms. The number of rotatable bonds is 12. The second-order valence-electron chi connectivity index (χ2n) is 8.59. The number of carbonyl (C=O) groups is 2. The zero-order valence-corrected chi connectivity index (χ0v) is 22.1. The summed E-state index contributed by atoms with van der Waals surface area (Å²) >= 11 is 0. The van der Waals surface area contributed by atoms with E-state index in [2.05, 4.69) is 16.0 Å². The fraction of sp³-hybridized carbons (Fsp3) is 0.900. The first kappa shape index (κ1) is 36.2. The van der Waals surface area contributed by atoms with E-state index in [4.69, 9.17) is 9.47 Å². The van der Waals surface area contributed by atoms with Gasteiger partial charge >= 0.3 is 0 Å². The summed E-state index contributed by atoms with van der Waals surface area (Å²) in [5.41, 5.74) is 0.